The molecule has 92 valence electrons. The van der Waals surface area contributed by atoms with Crippen molar-refractivity contribution in [3.8, 4) is 17.2 Å². The molecule has 0 spiro atoms. The number of carbonyl (C=O) groups excluding carboxylic acids is 1. The summed E-state index contributed by atoms with van der Waals surface area (Å²) in [6.45, 7) is 0. The van der Waals surface area contributed by atoms with Gasteiger partial charge in [0.2, 0.25) is 5.96 Å². The number of urea groups is 1. The predicted octanol–water partition coefficient (Wildman–Crippen LogP) is -0.321. The number of hydrogen-bond acceptors (Lipinski definition) is 5. The van der Waals surface area contributed by atoms with E-state index < -0.39 is 23.3 Å². The zero-order valence-electron chi connectivity index (χ0n) is 8.93. The number of aliphatic imine (C=N–C) groups is 1. The minimum atomic E-state index is -0.651. The summed E-state index contributed by atoms with van der Waals surface area (Å²) >= 11 is 0. The van der Waals surface area contributed by atoms with E-state index in [1.54, 1.807) is 0 Å². The van der Waals surface area contributed by atoms with E-state index in [9.17, 15) is 15.0 Å². The lowest BCUT2D eigenvalue weighted by Gasteiger charge is -2.05. The van der Waals surface area contributed by atoms with Gasteiger partial charge in [-0.15, -0.1) is 0 Å². The quantitative estimate of drug-likeness (QED) is 0.227. The monoisotopic (exact) mass is 240 g/mol. The molecule has 0 heterocycles. The minimum absolute atomic E-state index is 0.0757. The molecule has 0 aliphatic carbocycles. The van der Waals surface area contributed by atoms with Gasteiger partial charge >= 0.3 is 6.03 Å². The van der Waals surface area contributed by atoms with Gasteiger partial charge in [0.25, 0.3) is 0 Å². The summed E-state index contributed by atoms with van der Waals surface area (Å²) in [6.07, 6.45) is 0. The lowest BCUT2D eigenvalue weighted by molar-refractivity contribution is 0.247. The van der Waals surface area contributed by atoms with E-state index in [0.29, 0.717) is 0 Å². The molecule has 0 saturated heterocycles. The first kappa shape index (κ1) is 12.4. The first-order chi connectivity index (χ1) is 7.93. The summed E-state index contributed by atoms with van der Waals surface area (Å²) in [7, 11) is 1.40. The smallest absolute Gasteiger partial charge is 0.321 e. The van der Waals surface area contributed by atoms with E-state index in [1.807, 2.05) is 0 Å². The van der Waals surface area contributed by atoms with Crippen LogP contribution in [0.3, 0.4) is 0 Å². The summed E-state index contributed by atoms with van der Waals surface area (Å²) in [5.41, 5.74) is 5.45. The number of aromatic hydroxyl groups is 3. The maximum Gasteiger partial charge on any atom is 0.321 e. The van der Waals surface area contributed by atoms with E-state index >= 15 is 0 Å². The Morgan fingerprint density at radius 3 is 2.29 bits per heavy atom. The Morgan fingerprint density at radius 1 is 1.29 bits per heavy atom. The van der Waals surface area contributed by atoms with E-state index in [1.165, 1.54) is 7.05 Å². The summed E-state index contributed by atoms with van der Waals surface area (Å²) in [5, 5.41) is 31.9. The first-order valence-corrected chi connectivity index (χ1v) is 4.52. The standard InChI is InChI=1S/C9H12N4O4/c1-11-9(17)13-8(10)12-4-2-5(14)7(16)6(15)3-4/h2-3,14-16H,1H3,(H4,10,11,12,13,17). The first-order valence-electron chi connectivity index (χ1n) is 4.52. The third kappa shape index (κ3) is 3.16. The molecule has 8 heteroatoms. The van der Waals surface area contributed by atoms with Gasteiger partial charge < -0.3 is 26.4 Å². The van der Waals surface area contributed by atoms with Gasteiger partial charge in [-0.05, 0) is 0 Å². The lowest BCUT2D eigenvalue weighted by atomic mass is 10.2. The number of hydrogen-bond donors (Lipinski definition) is 6. The van der Waals surface area contributed by atoms with Crippen molar-refractivity contribution in [1.82, 2.24) is 10.6 Å². The lowest BCUT2D eigenvalue weighted by Crippen LogP contribution is -2.41. The van der Waals surface area contributed by atoms with Crippen LogP contribution < -0.4 is 16.4 Å². The Bertz CT molecular complexity index is 449. The average Bonchev–Trinajstić information content (AvgIpc) is 2.25. The summed E-state index contributed by atoms with van der Waals surface area (Å²) in [5.74, 6) is -1.97. The van der Waals surface area contributed by atoms with Crippen molar-refractivity contribution >= 4 is 17.7 Å². The number of nitrogens with two attached hydrogens (primary N) is 1. The van der Waals surface area contributed by atoms with Crippen LogP contribution in [0.4, 0.5) is 10.5 Å². The molecular formula is C9H12N4O4. The van der Waals surface area contributed by atoms with Gasteiger partial charge in [0.1, 0.15) is 0 Å². The molecule has 7 N–H and O–H groups in total. The molecule has 0 unspecified atom stereocenters. The highest BCUT2D eigenvalue weighted by Gasteiger charge is 2.08. The molecule has 0 aliphatic heterocycles. The fraction of sp³-hybridized carbons (Fsp3) is 0.111. The Kier molecular flexibility index (Phi) is 3.60. The van der Waals surface area contributed by atoms with Crippen molar-refractivity contribution in [3.63, 3.8) is 0 Å². The maximum absolute atomic E-state index is 10.9. The fourth-order valence-electron chi connectivity index (χ4n) is 1.00. The third-order valence-corrected chi connectivity index (χ3v) is 1.77. The number of carbonyl (C=O) groups is 1. The molecule has 1 aromatic rings. The van der Waals surface area contributed by atoms with Crippen molar-refractivity contribution in [2.75, 3.05) is 7.05 Å². The van der Waals surface area contributed by atoms with Crippen molar-refractivity contribution in [3.05, 3.63) is 12.1 Å². The zero-order valence-corrected chi connectivity index (χ0v) is 8.93. The van der Waals surface area contributed by atoms with Crippen LogP contribution in [0.1, 0.15) is 0 Å². The molecular weight excluding hydrogens is 228 g/mol. The molecule has 0 bridgehead atoms. The van der Waals surface area contributed by atoms with Gasteiger partial charge in [0.15, 0.2) is 17.2 Å². The molecule has 1 rings (SSSR count). The largest absolute Gasteiger partial charge is 0.504 e. The molecule has 0 radical (unpaired) electrons. The third-order valence-electron chi connectivity index (χ3n) is 1.77. The van der Waals surface area contributed by atoms with Gasteiger partial charge in [-0.2, -0.15) is 0 Å². The highest BCUT2D eigenvalue weighted by molar-refractivity contribution is 5.96. The Hall–Kier alpha value is -2.64. The number of nitrogens with one attached hydrogen (secondary N) is 2. The van der Waals surface area contributed by atoms with Gasteiger partial charge in [0.05, 0.1) is 5.69 Å². The molecule has 17 heavy (non-hydrogen) atoms. The van der Waals surface area contributed by atoms with Crippen molar-refractivity contribution < 1.29 is 20.1 Å². The van der Waals surface area contributed by atoms with Crippen LogP contribution in [-0.2, 0) is 0 Å². The number of benzene rings is 1. The van der Waals surface area contributed by atoms with Crippen LogP contribution in [0.25, 0.3) is 0 Å². The van der Waals surface area contributed by atoms with Crippen LogP contribution in [-0.4, -0.2) is 34.4 Å². The average molecular weight is 240 g/mol. The van der Waals surface area contributed by atoms with Crippen LogP contribution >= 0.6 is 0 Å². The maximum atomic E-state index is 10.9. The normalized spacial score (nSPS) is 11.0. The van der Waals surface area contributed by atoms with Gasteiger partial charge in [0, 0.05) is 19.2 Å². The van der Waals surface area contributed by atoms with Gasteiger partial charge in [-0.1, -0.05) is 0 Å². The summed E-state index contributed by atoms with van der Waals surface area (Å²) in [6, 6.07) is 1.60. The van der Waals surface area contributed by atoms with E-state index in [-0.39, 0.29) is 11.6 Å². The Labute approximate surface area is 96.4 Å². The molecule has 0 aliphatic rings. The summed E-state index contributed by atoms with van der Waals surface area (Å²) < 4.78 is 0. The number of phenols is 3. The molecule has 0 aromatic heterocycles. The molecule has 0 atom stereocenters. The van der Waals surface area contributed by atoms with Gasteiger partial charge in [-0.25, -0.2) is 9.79 Å². The van der Waals surface area contributed by atoms with E-state index in [4.69, 9.17) is 10.8 Å². The molecule has 8 nitrogen and oxygen atoms in total. The number of phenolic OH excluding ortho intramolecular Hbond substituents is 3. The number of guanidine groups is 1. The van der Waals surface area contributed by atoms with Crippen molar-refractivity contribution in [2.24, 2.45) is 10.7 Å². The molecule has 2 amide bonds. The van der Waals surface area contributed by atoms with E-state index in [0.717, 1.165) is 12.1 Å². The number of amides is 2. The van der Waals surface area contributed by atoms with Crippen LogP contribution in [0, 0.1) is 0 Å². The topological polar surface area (TPSA) is 140 Å². The van der Waals surface area contributed by atoms with Crippen molar-refractivity contribution in [1.29, 1.82) is 0 Å². The minimum Gasteiger partial charge on any atom is -0.504 e. The van der Waals surface area contributed by atoms with Crippen LogP contribution in [0.15, 0.2) is 17.1 Å². The second-order valence-electron chi connectivity index (χ2n) is 3.03. The number of nitrogens with zero attached hydrogens (tertiary/aromatic N) is 1. The van der Waals surface area contributed by atoms with Crippen molar-refractivity contribution in [2.45, 2.75) is 0 Å². The summed E-state index contributed by atoms with van der Waals surface area (Å²) in [4.78, 5) is 14.6. The second-order valence-corrected chi connectivity index (χ2v) is 3.03. The highest BCUT2D eigenvalue weighted by Crippen LogP contribution is 2.38. The number of rotatable bonds is 1. The molecule has 0 saturated carbocycles. The SMILES string of the molecule is CNC(=O)NC(N)=Nc1cc(O)c(O)c(O)c1. The molecule has 1 aromatic carbocycles. The predicted molar refractivity (Wildman–Crippen MR) is 60.3 cm³/mol. The highest BCUT2D eigenvalue weighted by atomic mass is 16.3. The van der Waals surface area contributed by atoms with Crippen LogP contribution in [0.2, 0.25) is 0 Å². The Morgan fingerprint density at radius 2 is 1.82 bits per heavy atom. The van der Waals surface area contributed by atoms with E-state index in [2.05, 4.69) is 15.6 Å². The van der Waals surface area contributed by atoms with Crippen LogP contribution in [0.5, 0.6) is 17.2 Å². The zero-order chi connectivity index (χ0) is 13.0. The molecule has 0 fully saturated rings. The second kappa shape index (κ2) is 4.92. The van der Waals surface area contributed by atoms with Gasteiger partial charge in [-0.3, -0.25) is 5.32 Å². The fourth-order valence-corrected chi connectivity index (χ4v) is 1.00. The Balaban J connectivity index is 2.94.